The van der Waals surface area contributed by atoms with Crippen molar-refractivity contribution in [1.82, 2.24) is 4.90 Å². The fourth-order valence-corrected chi connectivity index (χ4v) is 2.03. The fourth-order valence-electron chi connectivity index (χ4n) is 2.03. The van der Waals surface area contributed by atoms with E-state index in [0.29, 0.717) is 6.42 Å². The molecule has 1 saturated heterocycles. The lowest BCUT2D eigenvalue weighted by atomic mass is 9.86. The molecule has 1 aliphatic heterocycles. The largest absolute Gasteiger partial charge is 0.351 e. The minimum atomic E-state index is -0.648. The molecule has 2 atom stereocenters. The van der Waals surface area contributed by atoms with Crippen LogP contribution in [0.4, 0.5) is 4.79 Å². The van der Waals surface area contributed by atoms with Gasteiger partial charge in [0.25, 0.3) is 0 Å². The lowest BCUT2D eigenvalue weighted by molar-refractivity contribution is -0.132. The van der Waals surface area contributed by atoms with Gasteiger partial charge in [-0.1, -0.05) is 24.3 Å². The molecule has 0 aromatic heterocycles. The molecule has 2 aliphatic rings. The Bertz CT molecular complexity index is 333. The van der Waals surface area contributed by atoms with Crippen LogP contribution in [0.1, 0.15) is 12.8 Å². The van der Waals surface area contributed by atoms with Gasteiger partial charge >= 0.3 is 6.03 Å². The zero-order valence-corrected chi connectivity index (χ0v) is 7.72. The van der Waals surface area contributed by atoms with Crippen molar-refractivity contribution in [1.29, 1.82) is 0 Å². The first kappa shape index (κ1) is 8.99. The normalized spacial score (nSPS) is 30.3. The van der Waals surface area contributed by atoms with Gasteiger partial charge < -0.3 is 5.73 Å². The zero-order valence-electron chi connectivity index (χ0n) is 7.72. The third-order valence-electron chi connectivity index (χ3n) is 2.71. The average Bonchev–Trinajstić information content (AvgIpc) is 2.17. The van der Waals surface area contributed by atoms with Crippen LogP contribution >= 0.6 is 0 Å². The topological polar surface area (TPSA) is 63.4 Å². The van der Waals surface area contributed by atoms with E-state index in [1.54, 1.807) is 0 Å². The summed E-state index contributed by atoms with van der Waals surface area (Å²) in [6, 6.07) is -0.816. The van der Waals surface area contributed by atoms with Gasteiger partial charge in [0.15, 0.2) is 0 Å². The van der Waals surface area contributed by atoms with Crippen LogP contribution in [0.15, 0.2) is 24.3 Å². The minimum absolute atomic E-state index is 0.168. The van der Waals surface area contributed by atoms with E-state index in [0.717, 1.165) is 11.3 Å². The van der Waals surface area contributed by atoms with Gasteiger partial charge in [-0.2, -0.15) is 0 Å². The second-order valence-electron chi connectivity index (χ2n) is 3.56. The number of nitrogens with two attached hydrogens (primary N) is 1. The molecule has 74 valence electrons. The number of carbonyl (C=O) groups excluding carboxylic acids is 2. The number of amides is 3. The van der Waals surface area contributed by atoms with Gasteiger partial charge in [-0.05, 0) is 6.42 Å². The highest BCUT2D eigenvalue weighted by atomic mass is 16.2. The lowest BCUT2D eigenvalue weighted by Crippen LogP contribution is -2.52. The lowest BCUT2D eigenvalue weighted by Gasteiger charge is -2.36. The molecule has 0 radical (unpaired) electrons. The maximum absolute atomic E-state index is 11.5. The quantitative estimate of drug-likeness (QED) is 0.617. The van der Waals surface area contributed by atoms with Gasteiger partial charge in [0.05, 0.1) is 6.04 Å². The number of urea groups is 1. The molecular formula is C10H12N2O2. The fraction of sp³-hybridized carbons (Fsp3) is 0.400. The van der Waals surface area contributed by atoms with E-state index in [2.05, 4.69) is 0 Å². The van der Waals surface area contributed by atoms with Crippen molar-refractivity contribution < 1.29 is 9.59 Å². The van der Waals surface area contributed by atoms with Crippen LogP contribution in [0, 0.1) is 5.92 Å². The summed E-state index contributed by atoms with van der Waals surface area (Å²) in [6.45, 7) is 0. The summed E-state index contributed by atoms with van der Waals surface area (Å²) in [5, 5.41) is 0. The van der Waals surface area contributed by atoms with E-state index >= 15 is 0 Å². The summed E-state index contributed by atoms with van der Waals surface area (Å²) in [6.07, 6.45) is 8.86. The number of hydrogen-bond donors (Lipinski definition) is 1. The zero-order chi connectivity index (χ0) is 10.1. The van der Waals surface area contributed by atoms with Crippen LogP contribution in [-0.2, 0) is 4.79 Å². The number of fused-ring (bicyclic) bond motifs is 1. The average molecular weight is 192 g/mol. The molecule has 3 amide bonds. The Kier molecular flexibility index (Phi) is 2.11. The first-order valence-corrected chi connectivity index (χ1v) is 4.66. The first-order chi connectivity index (χ1) is 6.70. The second-order valence-corrected chi connectivity index (χ2v) is 3.56. The Morgan fingerprint density at radius 3 is 2.86 bits per heavy atom. The third-order valence-corrected chi connectivity index (χ3v) is 2.71. The molecule has 2 rings (SSSR count). The SMILES string of the molecule is NC(=O)N1C(=O)CCC2C=CC=CC21. The molecule has 1 fully saturated rings. The Morgan fingerprint density at radius 1 is 1.43 bits per heavy atom. The number of hydrogen-bond acceptors (Lipinski definition) is 2. The molecule has 0 aromatic carbocycles. The number of carbonyl (C=O) groups is 2. The number of likely N-dealkylation sites (tertiary alicyclic amines) is 1. The van der Waals surface area contributed by atoms with Gasteiger partial charge in [-0.3, -0.25) is 9.69 Å². The van der Waals surface area contributed by atoms with Crippen molar-refractivity contribution in [2.45, 2.75) is 18.9 Å². The first-order valence-electron chi connectivity index (χ1n) is 4.66. The monoisotopic (exact) mass is 192 g/mol. The van der Waals surface area contributed by atoms with Crippen LogP contribution in [0.2, 0.25) is 0 Å². The summed E-state index contributed by atoms with van der Waals surface area (Å²) >= 11 is 0. The molecule has 0 bridgehead atoms. The molecule has 0 saturated carbocycles. The number of piperidine rings is 1. The van der Waals surface area contributed by atoms with Crippen molar-refractivity contribution in [3.8, 4) is 0 Å². The Morgan fingerprint density at radius 2 is 2.14 bits per heavy atom. The molecule has 4 nitrogen and oxygen atoms in total. The number of primary amides is 1. The number of rotatable bonds is 0. The Labute approximate surface area is 82.1 Å². The molecule has 0 spiro atoms. The molecule has 0 aromatic rings. The summed E-state index contributed by atoms with van der Waals surface area (Å²) in [4.78, 5) is 23.7. The van der Waals surface area contributed by atoms with Crippen molar-refractivity contribution in [3.63, 3.8) is 0 Å². The highest BCUT2D eigenvalue weighted by Gasteiger charge is 2.36. The van der Waals surface area contributed by atoms with E-state index in [1.807, 2.05) is 24.3 Å². The standard InChI is InChI=1S/C10H12N2O2/c11-10(14)12-8-4-2-1-3-7(8)5-6-9(12)13/h1-4,7-8H,5-6H2,(H2,11,14). The molecule has 14 heavy (non-hydrogen) atoms. The summed E-state index contributed by atoms with van der Waals surface area (Å²) in [5.41, 5.74) is 5.17. The van der Waals surface area contributed by atoms with Gasteiger partial charge in [-0.15, -0.1) is 0 Å². The summed E-state index contributed by atoms with van der Waals surface area (Å²) < 4.78 is 0. The van der Waals surface area contributed by atoms with Crippen LogP contribution in [0.25, 0.3) is 0 Å². The van der Waals surface area contributed by atoms with Crippen molar-refractivity contribution in [3.05, 3.63) is 24.3 Å². The van der Waals surface area contributed by atoms with Crippen LogP contribution in [-0.4, -0.2) is 22.9 Å². The Hall–Kier alpha value is -1.58. The molecule has 1 heterocycles. The van der Waals surface area contributed by atoms with Gasteiger partial charge in [0, 0.05) is 12.3 Å². The van der Waals surface area contributed by atoms with Crippen molar-refractivity contribution >= 4 is 11.9 Å². The summed E-state index contributed by atoms with van der Waals surface area (Å²) in [7, 11) is 0. The van der Waals surface area contributed by atoms with E-state index < -0.39 is 6.03 Å². The maximum Gasteiger partial charge on any atom is 0.322 e. The van der Waals surface area contributed by atoms with Crippen LogP contribution < -0.4 is 5.73 Å². The van der Waals surface area contributed by atoms with E-state index in [9.17, 15) is 9.59 Å². The minimum Gasteiger partial charge on any atom is -0.351 e. The molecule has 1 aliphatic carbocycles. The Balaban J connectivity index is 2.28. The highest BCUT2D eigenvalue weighted by Crippen LogP contribution is 2.28. The molecule has 2 unspecified atom stereocenters. The van der Waals surface area contributed by atoms with Crippen LogP contribution in [0.5, 0.6) is 0 Å². The van der Waals surface area contributed by atoms with Gasteiger partial charge in [0.2, 0.25) is 5.91 Å². The van der Waals surface area contributed by atoms with Gasteiger partial charge in [-0.25, -0.2) is 4.79 Å². The predicted octanol–water partition coefficient (Wildman–Crippen LogP) is 0.798. The third kappa shape index (κ3) is 1.32. The highest BCUT2D eigenvalue weighted by molar-refractivity contribution is 5.95. The number of nitrogens with zero attached hydrogens (tertiary/aromatic N) is 1. The molecular weight excluding hydrogens is 180 g/mol. The molecule has 4 heteroatoms. The number of imide groups is 1. The van der Waals surface area contributed by atoms with E-state index in [4.69, 9.17) is 5.73 Å². The van der Waals surface area contributed by atoms with Crippen LogP contribution in [0.3, 0.4) is 0 Å². The summed E-state index contributed by atoms with van der Waals surface area (Å²) in [5.74, 6) is 0.0731. The van der Waals surface area contributed by atoms with E-state index in [-0.39, 0.29) is 17.9 Å². The van der Waals surface area contributed by atoms with Gasteiger partial charge in [0.1, 0.15) is 0 Å². The smallest absolute Gasteiger partial charge is 0.322 e. The predicted molar refractivity (Wildman–Crippen MR) is 51.2 cm³/mol. The maximum atomic E-state index is 11.5. The van der Waals surface area contributed by atoms with Crippen molar-refractivity contribution in [2.24, 2.45) is 11.7 Å². The number of allylic oxidation sites excluding steroid dienone is 2. The van der Waals surface area contributed by atoms with E-state index in [1.165, 1.54) is 0 Å². The van der Waals surface area contributed by atoms with Crippen molar-refractivity contribution in [2.75, 3.05) is 0 Å². The molecule has 2 N–H and O–H groups in total. The second kappa shape index (κ2) is 3.29.